The lowest BCUT2D eigenvalue weighted by molar-refractivity contribution is 0.0697. The average Bonchev–Trinajstić information content (AvgIpc) is 2.54. The fraction of sp³-hybridized carbons (Fsp3) is 0.385. The molecule has 90 valence electrons. The molecule has 0 aliphatic heterocycles. The number of hydrogen-bond acceptors (Lipinski definition) is 2. The van der Waals surface area contributed by atoms with Gasteiger partial charge in [-0.25, -0.2) is 4.79 Å². The Morgan fingerprint density at radius 3 is 2.76 bits per heavy atom. The summed E-state index contributed by atoms with van der Waals surface area (Å²) < 4.78 is 1.84. The Labute approximate surface area is 99.9 Å². The second-order valence-electron chi connectivity index (χ2n) is 4.71. The second-order valence-corrected chi connectivity index (χ2v) is 4.71. The van der Waals surface area contributed by atoms with Gasteiger partial charge in [0.2, 0.25) is 0 Å². The molecular weight excluding hydrogens is 216 g/mol. The first-order valence-corrected chi connectivity index (χ1v) is 5.68. The summed E-state index contributed by atoms with van der Waals surface area (Å²) in [6.07, 6.45) is 0.899. The molecule has 4 heteroatoms. The quantitative estimate of drug-likeness (QED) is 0.884. The highest BCUT2D eigenvalue weighted by Gasteiger charge is 2.12. The molecule has 0 atom stereocenters. The number of aryl methyl sites for hydroxylation is 1. The molecule has 0 bridgehead atoms. The number of carboxylic acid groups (broad SMARTS) is 1. The molecule has 0 saturated heterocycles. The Hall–Kier alpha value is -1.84. The highest BCUT2D eigenvalue weighted by Crippen LogP contribution is 2.22. The van der Waals surface area contributed by atoms with Crippen LogP contribution in [0.25, 0.3) is 10.9 Å². The first-order valence-electron chi connectivity index (χ1n) is 5.68. The summed E-state index contributed by atoms with van der Waals surface area (Å²) >= 11 is 0. The maximum absolute atomic E-state index is 11.0. The van der Waals surface area contributed by atoms with E-state index in [1.807, 2.05) is 11.7 Å². The van der Waals surface area contributed by atoms with Crippen molar-refractivity contribution in [3.05, 3.63) is 29.5 Å². The number of rotatable bonds is 3. The fourth-order valence-electron chi connectivity index (χ4n) is 2.01. The Balaban J connectivity index is 2.60. The normalized spacial score (nSPS) is 11.3. The van der Waals surface area contributed by atoms with Gasteiger partial charge in [0.1, 0.15) is 0 Å². The highest BCUT2D eigenvalue weighted by atomic mass is 16.4. The number of benzene rings is 1. The largest absolute Gasteiger partial charge is 0.478 e. The van der Waals surface area contributed by atoms with E-state index in [1.54, 1.807) is 18.2 Å². The van der Waals surface area contributed by atoms with E-state index in [0.717, 1.165) is 23.0 Å². The number of aromatic carboxylic acids is 1. The van der Waals surface area contributed by atoms with Gasteiger partial charge in [-0.05, 0) is 30.5 Å². The molecule has 0 fully saturated rings. The molecule has 2 aromatic rings. The highest BCUT2D eigenvalue weighted by molar-refractivity contribution is 5.94. The summed E-state index contributed by atoms with van der Waals surface area (Å²) in [7, 11) is 1.90. The van der Waals surface area contributed by atoms with Gasteiger partial charge in [-0.1, -0.05) is 13.8 Å². The number of hydrogen-bond donors (Lipinski definition) is 1. The first kappa shape index (κ1) is 11.6. The first-order chi connectivity index (χ1) is 7.99. The molecule has 4 nitrogen and oxygen atoms in total. The minimum atomic E-state index is -0.897. The standard InChI is InChI=1S/C13H16N2O2/c1-8(2)6-12-10-7-9(13(16)17)4-5-11(10)14-15(12)3/h4-5,7-8H,6H2,1-3H3,(H,16,17). The molecule has 1 aromatic carbocycles. The summed E-state index contributed by atoms with van der Waals surface area (Å²) in [6, 6.07) is 5.07. The molecule has 17 heavy (non-hydrogen) atoms. The van der Waals surface area contributed by atoms with Gasteiger partial charge in [-0.15, -0.1) is 0 Å². The number of nitrogens with zero attached hydrogens (tertiary/aromatic N) is 2. The van der Waals surface area contributed by atoms with Crippen LogP contribution in [-0.2, 0) is 13.5 Å². The Morgan fingerprint density at radius 2 is 2.18 bits per heavy atom. The molecule has 0 unspecified atom stereocenters. The van der Waals surface area contributed by atoms with Crippen LogP contribution >= 0.6 is 0 Å². The van der Waals surface area contributed by atoms with Crippen LogP contribution in [0, 0.1) is 5.92 Å². The van der Waals surface area contributed by atoms with Crippen molar-refractivity contribution in [3.8, 4) is 0 Å². The van der Waals surface area contributed by atoms with Gasteiger partial charge in [-0.3, -0.25) is 4.68 Å². The molecule has 2 rings (SSSR count). The summed E-state index contributed by atoms with van der Waals surface area (Å²) in [6.45, 7) is 4.28. The van der Waals surface area contributed by atoms with Crippen LogP contribution in [0.4, 0.5) is 0 Å². The summed E-state index contributed by atoms with van der Waals surface area (Å²) in [5, 5.41) is 14.3. The van der Waals surface area contributed by atoms with Crippen molar-refractivity contribution in [1.29, 1.82) is 0 Å². The van der Waals surface area contributed by atoms with Crippen LogP contribution in [0.5, 0.6) is 0 Å². The van der Waals surface area contributed by atoms with Crippen molar-refractivity contribution in [2.24, 2.45) is 13.0 Å². The topological polar surface area (TPSA) is 55.1 Å². The van der Waals surface area contributed by atoms with Crippen LogP contribution in [0.1, 0.15) is 29.9 Å². The maximum Gasteiger partial charge on any atom is 0.335 e. The van der Waals surface area contributed by atoms with Crippen molar-refractivity contribution >= 4 is 16.9 Å². The molecule has 0 aliphatic carbocycles. The fourth-order valence-corrected chi connectivity index (χ4v) is 2.01. The maximum atomic E-state index is 11.0. The van der Waals surface area contributed by atoms with Crippen molar-refractivity contribution in [2.45, 2.75) is 20.3 Å². The van der Waals surface area contributed by atoms with Crippen LogP contribution in [0.3, 0.4) is 0 Å². The van der Waals surface area contributed by atoms with Crippen LogP contribution in [0.15, 0.2) is 18.2 Å². The van der Waals surface area contributed by atoms with Gasteiger partial charge < -0.3 is 5.11 Å². The molecule has 0 radical (unpaired) electrons. The van der Waals surface area contributed by atoms with E-state index in [-0.39, 0.29) is 0 Å². The van der Waals surface area contributed by atoms with Crippen LogP contribution < -0.4 is 0 Å². The Morgan fingerprint density at radius 1 is 1.47 bits per heavy atom. The minimum absolute atomic E-state index is 0.315. The molecule has 0 amide bonds. The lowest BCUT2D eigenvalue weighted by Crippen LogP contribution is -2.02. The van der Waals surface area contributed by atoms with Crippen LogP contribution in [0.2, 0.25) is 0 Å². The van der Waals surface area contributed by atoms with E-state index >= 15 is 0 Å². The van der Waals surface area contributed by atoms with E-state index in [9.17, 15) is 4.79 Å². The van der Waals surface area contributed by atoms with E-state index in [4.69, 9.17) is 5.11 Å². The molecule has 1 N–H and O–H groups in total. The van der Waals surface area contributed by atoms with Gasteiger partial charge in [0.15, 0.2) is 0 Å². The zero-order valence-electron chi connectivity index (χ0n) is 10.3. The van der Waals surface area contributed by atoms with Gasteiger partial charge in [0, 0.05) is 18.1 Å². The third-order valence-electron chi connectivity index (χ3n) is 2.80. The average molecular weight is 232 g/mol. The van der Waals surface area contributed by atoms with E-state index in [0.29, 0.717) is 11.5 Å². The predicted octanol–water partition coefficient (Wildman–Crippen LogP) is 2.47. The minimum Gasteiger partial charge on any atom is -0.478 e. The number of fused-ring (bicyclic) bond motifs is 1. The summed E-state index contributed by atoms with van der Waals surface area (Å²) in [5.74, 6) is -0.381. The molecule has 0 saturated carbocycles. The number of aromatic nitrogens is 2. The molecule has 0 spiro atoms. The van der Waals surface area contributed by atoms with Crippen LogP contribution in [-0.4, -0.2) is 20.9 Å². The lowest BCUT2D eigenvalue weighted by Gasteiger charge is -2.05. The van der Waals surface area contributed by atoms with E-state index in [1.165, 1.54) is 0 Å². The van der Waals surface area contributed by atoms with Gasteiger partial charge in [-0.2, -0.15) is 5.10 Å². The zero-order chi connectivity index (χ0) is 12.6. The van der Waals surface area contributed by atoms with Crippen molar-refractivity contribution in [2.75, 3.05) is 0 Å². The molecule has 0 aliphatic rings. The Bertz CT molecular complexity index is 570. The second kappa shape index (κ2) is 4.20. The van der Waals surface area contributed by atoms with Gasteiger partial charge >= 0.3 is 5.97 Å². The van der Waals surface area contributed by atoms with Gasteiger partial charge in [0.25, 0.3) is 0 Å². The summed E-state index contributed by atoms with van der Waals surface area (Å²) in [4.78, 5) is 11.0. The van der Waals surface area contributed by atoms with E-state index < -0.39 is 5.97 Å². The molecule has 1 heterocycles. The predicted molar refractivity (Wildman–Crippen MR) is 66.2 cm³/mol. The smallest absolute Gasteiger partial charge is 0.335 e. The number of carbonyl (C=O) groups is 1. The lowest BCUT2D eigenvalue weighted by atomic mass is 10.0. The molecular formula is C13H16N2O2. The van der Waals surface area contributed by atoms with Crippen molar-refractivity contribution < 1.29 is 9.90 Å². The third-order valence-corrected chi connectivity index (χ3v) is 2.80. The monoisotopic (exact) mass is 232 g/mol. The third kappa shape index (κ3) is 2.16. The SMILES string of the molecule is CC(C)Cc1c2cc(C(=O)O)ccc2nn1C. The number of carboxylic acids is 1. The van der Waals surface area contributed by atoms with Gasteiger partial charge in [0.05, 0.1) is 11.1 Å². The van der Waals surface area contributed by atoms with E-state index in [2.05, 4.69) is 18.9 Å². The Kier molecular flexibility index (Phi) is 2.88. The molecule has 1 aromatic heterocycles. The van der Waals surface area contributed by atoms with Crippen molar-refractivity contribution in [3.63, 3.8) is 0 Å². The summed E-state index contributed by atoms with van der Waals surface area (Å²) in [5.41, 5.74) is 2.27. The zero-order valence-corrected chi connectivity index (χ0v) is 10.3. The van der Waals surface area contributed by atoms with Crippen molar-refractivity contribution in [1.82, 2.24) is 9.78 Å².